The zero-order valence-electron chi connectivity index (χ0n) is 14.2. The van der Waals surface area contributed by atoms with E-state index in [4.69, 9.17) is 0 Å². The molecule has 1 aromatic heterocycles. The summed E-state index contributed by atoms with van der Waals surface area (Å²) >= 11 is 0. The van der Waals surface area contributed by atoms with Gasteiger partial charge in [-0.3, -0.25) is 4.98 Å². The van der Waals surface area contributed by atoms with E-state index in [0.717, 1.165) is 24.3 Å². The molecule has 2 heteroatoms. The topological polar surface area (TPSA) is 24.9 Å². The first-order valence-corrected chi connectivity index (χ1v) is 8.56. The van der Waals surface area contributed by atoms with E-state index in [0.29, 0.717) is 5.41 Å². The Labute approximate surface area is 130 Å². The highest BCUT2D eigenvalue weighted by Gasteiger charge is 2.34. The van der Waals surface area contributed by atoms with Crippen molar-refractivity contribution in [2.45, 2.75) is 53.4 Å². The van der Waals surface area contributed by atoms with Gasteiger partial charge < -0.3 is 5.32 Å². The lowest BCUT2D eigenvalue weighted by Crippen LogP contribution is -2.37. The quantitative estimate of drug-likeness (QED) is 0.843. The number of aromatic nitrogens is 1. The van der Waals surface area contributed by atoms with E-state index in [1.165, 1.54) is 37.8 Å². The van der Waals surface area contributed by atoms with Crippen molar-refractivity contribution in [1.82, 2.24) is 10.3 Å². The van der Waals surface area contributed by atoms with E-state index in [1.54, 1.807) is 0 Å². The summed E-state index contributed by atoms with van der Waals surface area (Å²) in [6, 6.07) is 4.29. The second-order valence-electron chi connectivity index (χ2n) is 8.04. The fraction of sp³-hybridized carbons (Fsp3) is 0.737. The molecule has 2 rings (SSSR count). The normalized spacial score (nSPS) is 25.2. The minimum absolute atomic E-state index is 0.501. The van der Waals surface area contributed by atoms with Gasteiger partial charge in [-0.15, -0.1) is 0 Å². The number of hydrogen-bond acceptors (Lipinski definition) is 2. The van der Waals surface area contributed by atoms with Gasteiger partial charge in [-0.2, -0.15) is 0 Å². The second kappa shape index (κ2) is 7.40. The Morgan fingerprint density at radius 2 is 2.14 bits per heavy atom. The Morgan fingerprint density at radius 3 is 2.81 bits per heavy atom. The highest BCUT2D eigenvalue weighted by molar-refractivity contribution is 5.10. The molecule has 1 fully saturated rings. The molecule has 2 unspecified atom stereocenters. The lowest BCUT2D eigenvalue weighted by molar-refractivity contribution is 0.115. The molecule has 1 aliphatic carbocycles. The zero-order valence-corrected chi connectivity index (χ0v) is 14.2. The van der Waals surface area contributed by atoms with Gasteiger partial charge >= 0.3 is 0 Å². The third-order valence-electron chi connectivity index (χ3n) is 4.85. The van der Waals surface area contributed by atoms with Crippen LogP contribution in [0.5, 0.6) is 0 Å². The molecule has 0 aromatic carbocycles. The van der Waals surface area contributed by atoms with E-state index < -0.39 is 0 Å². The van der Waals surface area contributed by atoms with Crippen LogP contribution in [0, 0.1) is 23.2 Å². The summed E-state index contributed by atoms with van der Waals surface area (Å²) in [6.07, 6.45) is 9.17. The largest absolute Gasteiger partial charge is 0.316 e. The summed E-state index contributed by atoms with van der Waals surface area (Å²) in [5.74, 6) is 2.34. The molecule has 2 atom stereocenters. The van der Waals surface area contributed by atoms with Crippen LogP contribution >= 0.6 is 0 Å². The van der Waals surface area contributed by atoms with Crippen molar-refractivity contribution in [1.29, 1.82) is 0 Å². The van der Waals surface area contributed by atoms with Gasteiger partial charge in [-0.05, 0) is 73.6 Å². The van der Waals surface area contributed by atoms with Gasteiger partial charge in [0.05, 0.1) is 0 Å². The maximum Gasteiger partial charge on any atom is 0.0299 e. The van der Waals surface area contributed by atoms with Crippen molar-refractivity contribution in [2.75, 3.05) is 13.1 Å². The molecule has 0 aliphatic heterocycles. The lowest BCUT2D eigenvalue weighted by Gasteiger charge is -2.41. The van der Waals surface area contributed by atoms with Crippen molar-refractivity contribution < 1.29 is 0 Å². The molecule has 0 spiro atoms. The second-order valence-corrected chi connectivity index (χ2v) is 8.04. The van der Waals surface area contributed by atoms with Crippen molar-refractivity contribution in [3.8, 4) is 0 Å². The van der Waals surface area contributed by atoms with Crippen LogP contribution in [0.15, 0.2) is 24.5 Å². The fourth-order valence-electron chi connectivity index (χ4n) is 3.68. The summed E-state index contributed by atoms with van der Waals surface area (Å²) < 4.78 is 0. The first kappa shape index (κ1) is 16.5. The molecule has 1 N–H and O–H groups in total. The molecule has 0 saturated heterocycles. The molecular formula is C19H32N2. The number of hydrogen-bond donors (Lipinski definition) is 1. The summed E-state index contributed by atoms with van der Waals surface area (Å²) in [6.45, 7) is 11.7. The monoisotopic (exact) mass is 288 g/mol. The summed E-state index contributed by atoms with van der Waals surface area (Å²) in [4.78, 5) is 4.28. The molecule has 0 radical (unpaired) electrons. The molecular weight excluding hydrogens is 256 g/mol. The minimum Gasteiger partial charge on any atom is -0.316 e. The number of nitrogens with zero attached hydrogens (tertiary/aromatic N) is 1. The van der Waals surface area contributed by atoms with E-state index in [2.05, 4.69) is 50.1 Å². The van der Waals surface area contributed by atoms with Gasteiger partial charge in [-0.25, -0.2) is 0 Å². The van der Waals surface area contributed by atoms with Crippen molar-refractivity contribution in [3.05, 3.63) is 30.1 Å². The number of nitrogens with one attached hydrogen (secondary N) is 1. The first-order chi connectivity index (χ1) is 9.96. The average molecular weight is 288 g/mol. The first-order valence-electron chi connectivity index (χ1n) is 8.56. The van der Waals surface area contributed by atoms with Crippen LogP contribution in [0.25, 0.3) is 0 Å². The van der Waals surface area contributed by atoms with Crippen LogP contribution in [0.2, 0.25) is 0 Å². The van der Waals surface area contributed by atoms with Crippen LogP contribution in [-0.4, -0.2) is 18.1 Å². The highest BCUT2D eigenvalue weighted by atomic mass is 14.9. The zero-order chi connectivity index (χ0) is 15.3. The molecule has 0 bridgehead atoms. The van der Waals surface area contributed by atoms with Crippen LogP contribution in [0.4, 0.5) is 0 Å². The molecule has 1 aromatic rings. The van der Waals surface area contributed by atoms with Gasteiger partial charge in [0.25, 0.3) is 0 Å². The van der Waals surface area contributed by atoms with E-state index >= 15 is 0 Å². The molecule has 2 nitrogen and oxygen atoms in total. The van der Waals surface area contributed by atoms with Crippen molar-refractivity contribution in [3.63, 3.8) is 0 Å². The van der Waals surface area contributed by atoms with E-state index in [9.17, 15) is 0 Å². The van der Waals surface area contributed by atoms with Gasteiger partial charge in [-0.1, -0.05) is 33.8 Å². The van der Waals surface area contributed by atoms with Gasteiger partial charge in [0.1, 0.15) is 0 Å². The third-order valence-corrected chi connectivity index (χ3v) is 4.85. The Balaban J connectivity index is 1.96. The molecule has 1 saturated carbocycles. The summed E-state index contributed by atoms with van der Waals surface area (Å²) in [5, 5.41) is 3.68. The Bertz CT molecular complexity index is 411. The fourth-order valence-corrected chi connectivity index (χ4v) is 3.68. The third kappa shape index (κ3) is 5.43. The predicted molar refractivity (Wildman–Crippen MR) is 90.3 cm³/mol. The Hall–Kier alpha value is -0.890. The van der Waals surface area contributed by atoms with Gasteiger partial charge in [0.2, 0.25) is 0 Å². The maximum absolute atomic E-state index is 4.28. The van der Waals surface area contributed by atoms with Gasteiger partial charge in [0, 0.05) is 12.4 Å². The van der Waals surface area contributed by atoms with E-state index in [-0.39, 0.29) is 0 Å². The highest BCUT2D eigenvalue weighted by Crippen LogP contribution is 2.42. The van der Waals surface area contributed by atoms with E-state index in [1.807, 2.05) is 12.4 Å². The average Bonchev–Trinajstić information content (AvgIpc) is 2.41. The van der Waals surface area contributed by atoms with Gasteiger partial charge in [0.15, 0.2) is 0 Å². The molecule has 1 aliphatic rings. The molecule has 21 heavy (non-hydrogen) atoms. The Kier molecular flexibility index (Phi) is 5.80. The predicted octanol–water partition coefficient (Wildman–Crippen LogP) is 4.31. The molecule has 1 heterocycles. The number of pyridine rings is 1. The van der Waals surface area contributed by atoms with Crippen LogP contribution in [0.1, 0.15) is 52.5 Å². The lowest BCUT2D eigenvalue weighted by atomic mass is 9.65. The van der Waals surface area contributed by atoms with Crippen LogP contribution in [-0.2, 0) is 6.42 Å². The number of rotatable bonds is 6. The SMILES string of the molecule is CC(C)CNCC1CCC(C)(C)CC1Cc1cccnc1. The summed E-state index contributed by atoms with van der Waals surface area (Å²) in [7, 11) is 0. The Morgan fingerprint density at radius 1 is 1.33 bits per heavy atom. The maximum atomic E-state index is 4.28. The summed E-state index contributed by atoms with van der Waals surface area (Å²) in [5.41, 5.74) is 1.90. The molecule has 118 valence electrons. The minimum atomic E-state index is 0.501. The smallest absolute Gasteiger partial charge is 0.0299 e. The molecule has 0 amide bonds. The van der Waals surface area contributed by atoms with Crippen molar-refractivity contribution in [2.24, 2.45) is 23.2 Å². The van der Waals surface area contributed by atoms with Crippen LogP contribution in [0.3, 0.4) is 0 Å². The van der Waals surface area contributed by atoms with Crippen LogP contribution < -0.4 is 5.32 Å². The van der Waals surface area contributed by atoms with Crippen molar-refractivity contribution >= 4 is 0 Å². The standard InChI is InChI=1S/C19H32N2/c1-15(2)12-21-14-17-7-8-19(3,4)11-18(17)10-16-6-5-9-20-13-16/h5-6,9,13,15,17-18,21H,7-8,10-12,14H2,1-4H3.